The Labute approximate surface area is 245 Å². The number of nitrogens with one attached hydrogen (secondary N) is 4. The maximum absolute atomic E-state index is 15.8. The van der Waals surface area contributed by atoms with Gasteiger partial charge in [-0.3, -0.25) is 4.57 Å². The van der Waals surface area contributed by atoms with Gasteiger partial charge in [-0.2, -0.15) is 4.98 Å². The minimum Gasteiger partial charge on any atom is -0.384 e. The molecule has 0 amide bonds. The normalized spacial score (nSPS) is 20.6. The highest BCUT2D eigenvalue weighted by Crippen LogP contribution is 2.46. The van der Waals surface area contributed by atoms with Crippen LogP contribution in [0.25, 0.3) is 16.9 Å². The van der Waals surface area contributed by atoms with Crippen molar-refractivity contribution < 1.29 is 9.50 Å². The second-order valence-electron chi connectivity index (χ2n) is 11.9. The summed E-state index contributed by atoms with van der Waals surface area (Å²) in [5.41, 5.74) is 3.79. The van der Waals surface area contributed by atoms with Crippen molar-refractivity contribution >= 4 is 28.4 Å². The minimum atomic E-state index is -0.946. The molecule has 0 bridgehead atoms. The summed E-state index contributed by atoms with van der Waals surface area (Å²) >= 11 is 0. The van der Waals surface area contributed by atoms with E-state index in [0.717, 1.165) is 62.4 Å². The van der Waals surface area contributed by atoms with Gasteiger partial charge in [0.15, 0.2) is 11.5 Å². The van der Waals surface area contributed by atoms with Crippen LogP contribution in [-0.2, 0) is 12.0 Å². The first-order chi connectivity index (χ1) is 20.5. The van der Waals surface area contributed by atoms with Crippen LogP contribution in [0.2, 0.25) is 0 Å². The zero-order valence-corrected chi connectivity index (χ0v) is 24.1. The summed E-state index contributed by atoms with van der Waals surface area (Å²) in [7, 11) is 0. The molecule has 42 heavy (non-hydrogen) atoms. The molecule has 4 aromatic rings. The summed E-state index contributed by atoms with van der Waals surface area (Å²) < 4.78 is 17.6. The van der Waals surface area contributed by atoms with Crippen molar-refractivity contribution in [1.29, 1.82) is 0 Å². The number of aliphatic hydroxyl groups is 1. The van der Waals surface area contributed by atoms with Crippen molar-refractivity contribution in [1.82, 2.24) is 30.2 Å². The molecule has 1 aliphatic heterocycles. The number of benzene rings is 1. The van der Waals surface area contributed by atoms with E-state index in [2.05, 4.69) is 26.3 Å². The quantitative estimate of drug-likeness (QED) is 0.172. The number of aromatic nitrogens is 4. The molecule has 2 aliphatic carbocycles. The van der Waals surface area contributed by atoms with Crippen LogP contribution in [0.15, 0.2) is 42.6 Å². The highest BCUT2D eigenvalue weighted by atomic mass is 19.1. The Bertz CT molecular complexity index is 1580. The number of fused-ring (bicyclic) bond motifs is 2. The number of anilines is 3. The highest BCUT2D eigenvalue weighted by Gasteiger charge is 2.38. The standard InChI is InChI=1S/C32H39FN8O/c1-2-32(42)14-11-21-5-10-26(39-29(21)32)41-28(20-3-4-20)27(33)25-19-37-31(40-30(25)41)38-24-8-6-22(7-9-24)35-17-18-36-23-12-15-34-16-13-23/h5-10,19-20,23,34-36,42H,2-4,11-18H2,1H3,(H,37,38,40)/t32-/m1/s1. The van der Waals surface area contributed by atoms with Gasteiger partial charge in [0.05, 0.1) is 16.8 Å². The minimum absolute atomic E-state index is 0.130. The van der Waals surface area contributed by atoms with E-state index < -0.39 is 5.60 Å². The number of aryl methyl sites for hydroxylation is 1. The number of hydrogen-bond acceptors (Lipinski definition) is 8. The molecule has 3 aliphatic rings. The number of piperidine rings is 1. The van der Waals surface area contributed by atoms with Crippen LogP contribution >= 0.6 is 0 Å². The molecule has 4 heterocycles. The Morgan fingerprint density at radius 2 is 1.81 bits per heavy atom. The maximum Gasteiger partial charge on any atom is 0.229 e. The van der Waals surface area contributed by atoms with Crippen molar-refractivity contribution in [3.8, 4) is 5.82 Å². The zero-order valence-electron chi connectivity index (χ0n) is 24.1. The number of halogens is 1. The molecule has 1 saturated heterocycles. The Hall–Kier alpha value is -3.60. The van der Waals surface area contributed by atoms with Crippen LogP contribution in [0.5, 0.6) is 0 Å². The molecule has 9 nitrogen and oxygen atoms in total. The van der Waals surface area contributed by atoms with Crippen LogP contribution < -0.4 is 21.3 Å². The van der Waals surface area contributed by atoms with Gasteiger partial charge in [-0.05, 0) is 93.9 Å². The zero-order chi connectivity index (χ0) is 28.7. The monoisotopic (exact) mass is 570 g/mol. The third kappa shape index (κ3) is 5.23. The topological polar surface area (TPSA) is 112 Å². The Morgan fingerprint density at radius 3 is 2.57 bits per heavy atom. The summed E-state index contributed by atoms with van der Waals surface area (Å²) in [6.07, 6.45) is 7.83. The number of pyridine rings is 1. The molecule has 220 valence electrons. The van der Waals surface area contributed by atoms with E-state index in [1.807, 2.05) is 47.9 Å². The second kappa shape index (κ2) is 11.2. The lowest BCUT2D eigenvalue weighted by atomic mass is 9.98. The predicted octanol–water partition coefficient (Wildman–Crippen LogP) is 4.87. The van der Waals surface area contributed by atoms with Gasteiger partial charge in [-0.15, -0.1) is 0 Å². The molecular formula is C32H39FN8O. The van der Waals surface area contributed by atoms with E-state index in [9.17, 15) is 5.11 Å². The summed E-state index contributed by atoms with van der Waals surface area (Å²) in [4.78, 5) is 14.1. The first kappa shape index (κ1) is 27.2. The fraction of sp³-hybridized carbons (Fsp3) is 0.469. The first-order valence-electron chi connectivity index (χ1n) is 15.4. The van der Waals surface area contributed by atoms with E-state index in [1.54, 1.807) is 6.20 Å². The Morgan fingerprint density at radius 1 is 1.02 bits per heavy atom. The largest absolute Gasteiger partial charge is 0.384 e. The fourth-order valence-corrected chi connectivity index (χ4v) is 6.38. The van der Waals surface area contributed by atoms with Gasteiger partial charge in [0.1, 0.15) is 11.4 Å². The Kier molecular flexibility index (Phi) is 7.29. The molecule has 7 rings (SSSR count). The van der Waals surface area contributed by atoms with Gasteiger partial charge in [0, 0.05) is 42.6 Å². The van der Waals surface area contributed by atoms with E-state index >= 15 is 4.39 Å². The molecule has 1 atom stereocenters. The van der Waals surface area contributed by atoms with E-state index in [-0.39, 0.29) is 11.7 Å². The second-order valence-corrected chi connectivity index (χ2v) is 11.9. The van der Waals surface area contributed by atoms with E-state index in [1.165, 1.54) is 12.8 Å². The molecule has 2 fully saturated rings. The van der Waals surface area contributed by atoms with Crippen molar-refractivity contribution in [2.75, 3.05) is 36.8 Å². The molecular weight excluding hydrogens is 531 g/mol. The predicted molar refractivity (Wildman–Crippen MR) is 163 cm³/mol. The van der Waals surface area contributed by atoms with Crippen molar-refractivity contribution in [2.45, 2.75) is 69.4 Å². The summed E-state index contributed by atoms with van der Waals surface area (Å²) in [6.45, 7) is 5.94. The average molecular weight is 571 g/mol. The van der Waals surface area contributed by atoms with Crippen LogP contribution in [0, 0.1) is 5.82 Å². The van der Waals surface area contributed by atoms with Crippen LogP contribution in [-0.4, -0.2) is 56.8 Å². The van der Waals surface area contributed by atoms with Gasteiger partial charge in [-0.1, -0.05) is 13.0 Å². The molecule has 5 N–H and O–H groups in total. The summed E-state index contributed by atoms with van der Waals surface area (Å²) in [5, 5.41) is 25.3. The van der Waals surface area contributed by atoms with Crippen LogP contribution in [0.4, 0.5) is 21.7 Å². The fourth-order valence-electron chi connectivity index (χ4n) is 6.38. The smallest absolute Gasteiger partial charge is 0.229 e. The lowest BCUT2D eigenvalue weighted by Crippen LogP contribution is -2.41. The van der Waals surface area contributed by atoms with Gasteiger partial charge >= 0.3 is 0 Å². The Balaban J connectivity index is 1.11. The average Bonchev–Trinajstić information content (AvgIpc) is 3.75. The molecule has 3 aromatic heterocycles. The molecule has 0 spiro atoms. The lowest BCUT2D eigenvalue weighted by molar-refractivity contribution is 0.0306. The molecule has 0 radical (unpaired) electrons. The lowest BCUT2D eigenvalue weighted by Gasteiger charge is -2.23. The van der Waals surface area contributed by atoms with Gasteiger partial charge in [0.2, 0.25) is 5.95 Å². The van der Waals surface area contributed by atoms with Gasteiger partial charge in [0.25, 0.3) is 0 Å². The number of hydrogen-bond donors (Lipinski definition) is 5. The molecule has 1 saturated carbocycles. The summed E-state index contributed by atoms with van der Waals surface area (Å²) in [5.74, 6) is 0.831. The third-order valence-electron chi connectivity index (χ3n) is 9.04. The number of nitrogens with zero attached hydrogens (tertiary/aromatic N) is 4. The maximum atomic E-state index is 15.8. The molecule has 0 unspecified atom stereocenters. The highest BCUT2D eigenvalue weighted by molar-refractivity contribution is 5.81. The first-order valence-corrected chi connectivity index (χ1v) is 15.4. The van der Waals surface area contributed by atoms with Crippen LogP contribution in [0.1, 0.15) is 68.3 Å². The number of rotatable bonds is 10. The van der Waals surface area contributed by atoms with Crippen molar-refractivity contribution in [2.24, 2.45) is 0 Å². The third-order valence-corrected chi connectivity index (χ3v) is 9.04. The molecule has 1 aromatic carbocycles. The van der Waals surface area contributed by atoms with Crippen molar-refractivity contribution in [3.05, 3.63) is 65.4 Å². The van der Waals surface area contributed by atoms with Crippen LogP contribution in [0.3, 0.4) is 0 Å². The SMILES string of the molecule is CC[C@@]1(O)CCc2ccc(-n3c(C4CC4)c(F)c4cnc(Nc5ccc(NCCNC6CCNCC6)cc5)nc43)nc21. The van der Waals surface area contributed by atoms with E-state index in [0.29, 0.717) is 53.1 Å². The van der Waals surface area contributed by atoms with Gasteiger partial charge < -0.3 is 26.4 Å². The van der Waals surface area contributed by atoms with E-state index in [4.69, 9.17) is 9.97 Å². The molecule has 10 heteroatoms. The van der Waals surface area contributed by atoms with Crippen molar-refractivity contribution in [3.63, 3.8) is 0 Å². The summed E-state index contributed by atoms with van der Waals surface area (Å²) in [6, 6.07) is 12.6. The van der Waals surface area contributed by atoms with Gasteiger partial charge in [-0.25, -0.2) is 14.4 Å².